The van der Waals surface area contributed by atoms with E-state index in [9.17, 15) is 10.1 Å². The third-order valence-electron chi connectivity index (χ3n) is 5.07. The van der Waals surface area contributed by atoms with Crippen LogP contribution in [0.15, 0.2) is 53.6 Å². The molecule has 1 amide bonds. The van der Waals surface area contributed by atoms with Crippen LogP contribution in [0.4, 0.5) is 0 Å². The first kappa shape index (κ1) is 26.2. The second kappa shape index (κ2) is 13.5. The van der Waals surface area contributed by atoms with Gasteiger partial charge in [-0.3, -0.25) is 4.79 Å². The van der Waals surface area contributed by atoms with Crippen molar-refractivity contribution >= 4 is 5.91 Å². The quantitative estimate of drug-likeness (QED) is 0.595. The molecule has 0 bridgehead atoms. The van der Waals surface area contributed by atoms with Gasteiger partial charge in [-0.05, 0) is 70.7 Å². The van der Waals surface area contributed by atoms with Gasteiger partial charge < -0.3 is 15.4 Å². The van der Waals surface area contributed by atoms with Crippen molar-refractivity contribution in [2.45, 2.75) is 53.6 Å². The Balaban J connectivity index is 0.000000500. The van der Waals surface area contributed by atoms with E-state index >= 15 is 0 Å². The predicted octanol–water partition coefficient (Wildman–Crippen LogP) is 4.70. The van der Waals surface area contributed by atoms with Crippen LogP contribution in [0.5, 0.6) is 5.75 Å². The molecule has 0 unspecified atom stereocenters. The van der Waals surface area contributed by atoms with Crippen molar-refractivity contribution in [3.63, 3.8) is 0 Å². The Labute approximate surface area is 187 Å². The molecule has 5 nitrogen and oxygen atoms in total. The summed E-state index contributed by atoms with van der Waals surface area (Å²) in [6, 6.07) is 8.10. The Morgan fingerprint density at radius 3 is 2.48 bits per heavy atom. The van der Waals surface area contributed by atoms with Crippen molar-refractivity contribution in [1.82, 2.24) is 10.6 Å². The zero-order chi connectivity index (χ0) is 23.4. The van der Waals surface area contributed by atoms with Crippen molar-refractivity contribution < 1.29 is 9.53 Å². The summed E-state index contributed by atoms with van der Waals surface area (Å²) >= 11 is 0. The first-order valence-corrected chi connectivity index (χ1v) is 10.8. The number of carbonyl (C=O) groups excluding carboxylic acids is 1. The van der Waals surface area contributed by atoms with E-state index in [1.165, 1.54) is 11.1 Å². The number of benzene rings is 1. The van der Waals surface area contributed by atoms with Gasteiger partial charge in [-0.25, -0.2) is 0 Å². The maximum Gasteiger partial charge on any atom is 0.225 e. The maximum atomic E-state index is 10.6. The van der Waals surface area contributed by atoms with Gasteiger partial charge in [-0.2, -0.15) is 5.26 Å². The van der Waals surface area contributed by atoms with Gasteiger partial charge in [0, 0.05) is 20.1 Å². The Kier molecular flexibility index (Phi) is 11.4. The monoisotopic (exact) mass is 423 g/mol. The molecular formula is C26H37N3O2. The first-order valence-electron chi connectivity index (χ1n) is 10.8. The van der Waals surface area contributed by atoms with Gasteiger partial charge in [-0.15, -0.1) is 0 Å². The van der Waals surface area contributed by atoms with E-state index in [1.54, 1.807) is 7.05 Å². The molecule has 0 aliphatic carbocycles. The Hall–Kier alpha value is -2.84. The van der Waals surface area contributed by atoms with Crippen LogP contribution >= 0.6 is 0 Å². The highest BCUT2D eigenvalue weighted by atomic mass is 16.5. The molecule has 0 radical (unpaired) electrons. The number of rotatable bonds is 8. The van der Waals surface area contributed by atoms with Gasteiger partial charge in [0.1, 0.15) is 11.8 Å². The molecule has 1 aromatic rings. The van der Waals surface area contributed by atoms with Gasteiger partial charge in [0.15, 0.2) is 0 Å². The molecule has 0 atom stereocenters. The number of amides is 1. The molecule has 2 rings (SSSR count). The summed E-state index contributed by atoms with van der Waals surface area (Å²) in [5, 5.41) is 14.9. The van der Waals surface area contributed by atoms with Crippen molar-refractivity contribution in [3.05, 3.63) is 64.8 Å². The van der Waals surface area contributed by atoms with E-state index in [4.69, 9.17) is 4.74 Å². The fourth-order valence-electron chi connectivity index (χ4n) is 2.84. The van der Waals surface area contributed by atoms with Gasteiger partial charge in [0.05, 0.1) is 17.6 Å². The largest absolute Gasteiger partial charge is 0.490 e. The van der Waals surface area contributed by atoms with Crippen LogP contribution in [0.2, 0.25) is 0 Å². The van der Waals surface area contributed by atoms with Gasteiger partial charge in [0.25, 0.3) is 0 Å². The van der Waals surface area contributed by atoms with E-state index in [-0.39, 0.29) is 17.9 Å². The number of nitrogens with zero attached hydrogens (tertiary/aromatic N) is 1. The van der Waals surface area contributed by atoms with Gasteiger partial charge in [0.2, 0.25) is 5.91 Å². The molecule has 1 saturated heterocycles. The zero-order valence-corrected chi connectivity index (χ0v) is 19.8. The number of carbonyl (C=O) groups is 1. The second-order valence-corrected chi connectivity index (χ2v) is 8.05. The molecule has 0 spiro atoms. The van der Waals surface area contributed by atoms with Crippen molar-refractivity contribution in [2.75, 3.05) is 20.1 Å². The molecule has 1 fully saturated rings. The summed E-state index contributed by atoms with van der Waals surface area (Å²) < 4.78 is 5.66. The van der Waals surface area contributed by atoms with E-state index < -0.39 is 0 Å². The van der Waals surface area contributed by atoms with E-state index in [0.717, 1.165) is 37.1 Å². The number of allylic oxidation sites excluding steroid dienone is 5. The molecule has 1 aromatic carbocycles. The molecule has 168 valence electrons. The van der Waals surface area contributed by atoms with E-state index in [2.05, 4.69) is 49.3 Å². The molecular weight excluding hydrogens is 386 g/mol. The summed E-state index contributed by atoms with van der Waals surface area (Å²) in [5.74, 6) is 1.05. The number of hydrogen-bond acceptors (Lipinski definition) is 4. The lowest BCUT2D eigenvalue weighted by Gasteiger charge is -2.24. The van der Waals surface area contributed by atoms with Gasteiger partial charge >= 0.3 is 0 Å². The maximum absolute atomic E-state index is 10.6. The number of nitriles is 1. The summed E-state index contributed by atoms with van der Waals surface area (Å²) in [5.41, 5.74) is 5.33. The smallest absolute Gasteiger partial charge is 0.225 e. The van der Waals surface area contributed by atoms with Crippen molar-refractivity contribution in [2.24, 2.45) is 5.92 Å². The van der Waals surface area contributed by atoms with E-state index in [1.807, 2.05) is 39.0 Å². The highest BCUT2D eigenvalue weighted by molar-refractivity contribution is 5.79. The van der Waals surface area contributed by atoms with E-state index in [0.29, 0.717) is 11.3 Å². The lowest BCUT2D eigenvalue weighted by Crippen LogP contribution is -2.49. The molecule has 1 heterocycles. The molecule has 2 N–H and O–H groups in total. The Bertz CT molecular complexity index is 856. The van der Waals surface area contributed by atoms with Crippen LogP contribution in [0, 0.1) is 17.2 Å². The van der Waals surface area contributed by atoms with Crippen LogP contribution in [-0.4, -0.2) is 32.1 Å². The average molecular weight is 424 g/mol. The predicted molar refractivity (Wildman–Crippen MR) is 128 cm³/mol. The van der Waals surface area contributed by atoms with Crippen molar-refractivity contribution in [3.8, 4) is 11.8 Å². The standard InChI is InChI=1S/C21H27NO.C5H10N2O/c1-7-18(12-17(6)15(2)3)8-9-19-10-11-21(23-16(4)5)20(13-19)14-22;1-6-5(8)4-2-7-3-4/h7,10-13,16H,2,8-9H2,1,3-6H3;4,7H,2-3H2,1H3,(H,6,8)/b17-12-,18-7-;. The minimum atomic E-state index is 0.0674. The van der Waals surface area contributed by atoms with Crippen LogP contribution in [0.1, 0.15) is 52.2 Å². The van der Waals surface area contributed by atoms with Crippen LogP contribution in [-0.2, 0) is 11.2 Å². The van der Waals surface area contributed by atoms with Crippen molar-refractivity contribution in [1.29, 1.82) is 5.26 Å². The molecule has 1 aliphatic rings. The number of hydrogen-bond donors (Lipinski definition) is 2. The molecule has 0 aromatic heterocycles. The lowest BCUT2D eigenvalue weighted by atomic mass is 9.99. The van der Waals surface area contributed by atoms with Crippen LogP contribution < -0.4 is 15.4 Å². The Morgan fingerprint density at radius 1 is 1.39 bits per heavy atom. The normalized spacial score (nSPS) is 14.1. The number of nitrogens with one attached hydrogen (secondary N) is 2. The molecule has 1 aliphatic heterocycles. The molecule has 5 heteroatoms. The van der Waals surface area contributed by atoms with Crippen LogP contribution in [0.25, 0.3) is 0 Å². The fourth-order valence-corrected chi connectivity index (χ4v) is 2.84. The highest BCUT2D eigenvalue weighted by Crippen LogP contribution is 2.23. The summed E-state index contributed by atoms with van der Waals surface area (Å²) in [7, 11) is 1.67. The van der Waals surface area contributed by atoms with Crippen LogP contribution in [0.3, 0.4) is 0 Å². The van der Waals surface area contributed by atoms with Gasteiger partial charge in [-0.1, -0.05) is 35.9 Å². The fraction of sp³-hybridized carbons (Fsp3) is 0.462. The third kappa shape index (κ3) is 9.23. The SMILES string of the molecule is C=C(C)/C(C)=C\C(=C/C)CCc1ccc(OC(C)C)c(C#N)c1.CNC(=O)C1CNC1. The lowest BCUT2D eigenvalue weighted by molar-refractivity contribution is -0.125. The summed E-state index contributed by atoms with van der Waals surface area (Å²) in [6.45, 7) is 15.7. The molecule has 0 saturated carbocycles. The zero-order valence-electron chi connectivity index (χ0n) is 19.8. The Morgan fingerprint density at radius 2 is 2.06 bits per heavy atom. The molecule has 31 heavy (non-hydrogen) atoms. The third-order valence-corrected chi connectivity index (χ3v) is 5.07. The first-order chi connectivity index (χ1) is 14.7. The highest BCUT2D eigenvalue weighted by Gasteiger charge is 2.23. The number of ether oxygens (including phenoxy) is 1. The minimum absolute atomic E-state index is 0.0674. The topological polar surface area (TPSA) is 74.1 Å². The second-order valence-electron chi connectivity index (χ2n) is 8.05. The minimum Gasteiger partial charge on any atom is -0.490 e. The average Bonchev–Trinajstić information content (AvgIpc) is 2.70. The summed E-state index contributed by atoms with van der Waals surface area (Å²) in [6.07, 6.45) is 6.22. The number of aryl methyl sites for hydroxylation is 1. The summed E-state index contributed by atoms with van der Waals surface area (Å²) in [4.78, 5) is 10.6.